The largest absolute Gasteiger partial charge is 0.495 e. The van der Waals surface area contributed by atoms with Crippen molar-refractivity contribution in [2.45, 2.75) is 13.3 Å². The quantitative estimate of drug-likeness (QED) is 0.338. The Hall–Kier alpha value is -4.73. The van der Waals surface area contributed by atoms with E-state index in [-0.39, 0.29) is 18.9 Å². The lowest BCUT2D eigenvalue weighted by Crippen LogP contribution is -2.32. The minimum atomic E-state index is -0.425. The fraction of sp³-hybridized carbons (Fsp3) is 0.300. The van der Waals surface area contributed by atoms with Gasteiger partial charge in [0.25, 0.3) is 0 Å². The van der Waals surface area contributed by atoms with Gasteiger partial charge >= 0.3 is 12.0 Å². The average molecular weight is 549 g/mol. The Kier molecular flexibility index (Phi) is 10.4. The number of nitrogens with zero attached hydrogens (tertiary/aromatic N) is 2. The van der Waals surface area contributed by atoms with Gasteiger partial charge in [-0.25, -0.2) is 9.59 Å². The summed E-state index contributed by atoms with van der Waals surface area (Å²) in [5, 5.41) is 5.61. The molecule has 0 saturated heterocycles. The molecule has 3 aromatic rings. The van der Waals surface area contributed by atoms with Gasteiger partial charge in [0.1, 0.15) is 18.1 Å². The Morgan fingerprint density at radius 1 is 0.850 bits per heavy atom. The molecule has 3 amide bonds. The first-order valence-electron chi connectivity index (χ1n) is 12.7. The molecule has 0 atom stereocenters. The van der Waals surface area contributed by atoms with Crippen molar-refractivity contribution >= 4 is 35.0 Å². The summed E-state index contributed by atoms with van der Waals surface area (Å²) in [5.74, 6) is 0.518. The number of anilines is 3. The first kappa shape index (κ1) is 29.8. The highest BCUT2D eigenvalue weighted by molar-refractivity contribution is 6.01. The Morgan fingerprint density at radius 3 is 2.25 bits per heavy atom. The van der Waals surface area contributed by atoms with Crippen molar-refractivity contribution in [3.63, 3.8) is 0 Å². The summed E-state index contributed by atoms with van der Waals surface area (Å²) in [6, 6.07) is 17.4. The normalized spacial score (nSPS) is 10.3. The number of benzene rings is 3. The number of urea groups is 1. The number of methoxy groups -OCH3 is 2. The maximum absolute atomic E-state index is 12.9. The average Bonchev–Trinajstić information content (AvgIpc) is 2.94. The maximum atomic E-state index is 12.9. The Balaban J connectivity index is 1.56. The predicted octanol–water partition coefficient (Wildman–Crippen LogP) is 4.58. The summed E-state index contributed by atoms with van der Waals surface area (Å²) in [4.78, 5) is 40.7. The zero-order valence-corrected chi connectivity index (χ0v) is 23.7. The van der Waals surface area contributed by atoms with Gasteiger partial charge < -0.3 is 34.6 Å². The highest BCUT2D eigenvalue weighted by atomic mass is 16.5. The van der Waals surface area contributed by atoms with Crippen LogP contribution in [0.4, 0.5) is 21.9 Å². The number of carbonyl (C=O) groups is 3. The van der Waals surface area contributed by atoms with E-state index in [0.717, 1.165) is 16.8 Å². The number of ether oxygens (including phenoxy) is 3. The zero-order chi connectivity index (χ0) is 29.2. The predicted molar refractivity (Wildman–Crippen MR) is 156 cm³/mol. The van der Waals surface area contributed by atoms with Gasteiger partial charge in [0.15, 0.2) is 0 Å². The molecular formula is C30H36N4O6. The molecule has 0 aliphatic rings. The van der Waals surface area contributed by atoms with Gasteiger partial charge in [-0.05, 0) is 54.4 Å². The van der Waals surface area contributed by atoms with Crippen LogP contribution in [0.15, 0.2) is 60.7 Å². The SMILES string of the molecule is COC(=O)c1ccc(OCCN(C)C(=O)Cc2ccc(NC(=O)Nc3ccccc3C)c(OC)c2)c(N(C)C)c1. The Labute approximate surface area is 234 Å². The second kappa shape index (κ2) is 13.9. The molecule has 3 aromatic carbocycles. The zero-order valence-electron chi connectivity index (χ0n) is 23.7. The van der Waals surface area contributed by atoms with Gasteiger partial charge in [-0.2, -0.15) is 0 Å². The lowest BCUT2D eigenvalue weighted by atomic mass is 10.1. The molecule has 0 saturated carbocycles. The summed E-state index contributed by atoms with van der Waals surface area (Å²) >= 11 is 0. The lowest BCUT2D eigenvalue weighted by Gasteiger charge is -2.21. The van der Waals surface area contributed by atoms with Crippen molar-refractivity contribution in [1.82, 2.24) is 4.90 Å². The van der Waals surface area contributed by atoms with E-state index in [1.165, 1.54) is 14.2 Å². The number of hydrogen-bond acceptors (Lipinski definition) is 7. The molecule has 0 unspecified atom stereocenters. The summed E-state index contributed by atoms with van der Waals surface area (Å²) in [5.41, 5.74) is 4.04. The van der Waals surface area contributed by atoms with E-state index in [0.29, 0.717) is 35.0 Å². The number of amides is 3. The van der Waals surface area contributed by atoms with E-state index >= 15 is 0 Å². The topological polar surface area (TPSA) is 109 Å². The first-order valence-corrected chi connectivity index (χ1v) is 12.7. The van der Waals surface area contributed by atoms with Crippen molar-refractivity contribution in [3.05, 3.63) is 77.4 Å². The fourth-order valence-electron chi connectivity index (χ4n) is 3.90. The van der Waals surface area contributed by atoms with Crippen LogP contribution >= 0.6 is 0 Å². The molecule has 10 heteroatoms. The van der Waals surface area contributed by atoms with E-state index in [2.05, 4.69) is 10.6 Å². The van der Waals surface area contributed by atoms with E-state index in [1.54, 1.807) is 48.3 Å². The minimum Gasteiger partial charge on any atom is -0.495 e. The molecule has 0 fully saturated rings. The smallest absolute Gasteiger partial charge is 0.337 e. The second-order valence-corrected chi connectivity index (χ2v) is 9.34. The van der Waals surface area contributed by atoms with E-state index in [1.807, 2.05) is 50.2 Å². The molecule has 212 valence electrons. The van der Waals surface area contributed by atoms with Gasteiger partial charge in [0, 0.05) is 26.8 Å². The number of aryl methyl sites for hydroxylation is 1. The first-order chi connectivity index (χ1) is 19.1. The molecule has 0 aliphatic heterocycles. The third-order valence-electron chi connectivity index (χ3n) is 6.23. The van der Waals surface area contributed by atoms with Gasteiger partial charge in [0.05, 0.1) is 44.1 Å². The van der Waals surface area contributed by atoms with Crippen LogP contribution < -0.4 is 25.0 Å². The summed E-state index contributed by atoms with van der Waals surface area (Å²) in [6.45, 7) is 2.54. The number of likely N-dealkylation sites (N-methyl/N-ethyl adjacent to an activating group) is 1. The molecule has 3 rings (SSSR count). The van der Waals surface area contributed by atoms with Crippen LogP contribution in [0.1, 0.15) is 21.5 Å². The highest BCUT2D eigenvalue weighted by Gasteiger charge is 2.16. The van der Waals surface area contributed by atoms with Crippen molar-refractivity contribution in [3.8, 4) is 11.5 Å². The van der Waals surface area contributed by atoms with Crippen LogP contribution in [0.3, 0.4) is 0 Å². The van der Waals surface area contributed by atoms with Crippen molar-refractivity contribution in [1.29, 1.82) is 0 Å². The minimum absolute atomic E-state index is 0.0995. The number of para-hydroxylation sites is 1. The molecule has 40 heavy (non-hydrogen) atoms. The van der Waals surface area contributed by atoms with E-state index < -0.39 is 12.0 Å². The standard InChI is InChI=1S/C30H36N4O6/c1-20-9-7-8-10-23(20)31-30(37)32-24-13-11-21(17-27(24)38-5)18-28(35)34(4)15-16-40-26-14-12-22(29(36)39-6)19-25(26)33(2)3/h7-14,17,19H,15-16,18H2,1-6H3,(H2,31,32,37). The summed E-state index contributed by atoms with van der Waals surface area (Å²) < 4.78 is 16.2. The molecule has 0 aliphatic carbocycles. The van der Waals surface area contributed by atoms with Gasteiger partial charge in [-0.1, -0.05) is 24.3 Å². The third kappa shape index (κ3) is 7.89. The molecular weight excluding hydrogens is 512 g/mol. The number of esters is 1. The Bertz CT molecular complexity index is 1360. The monoisotopic (exact) mass is 548 g/mol. The molecule has 2 N–H and O–H groups in total. The number of nitrogens with one attached hydrogen (secondary N) is 2. The van der Waals surface area contributed by atoms with Gasteiger partial charge in [0.2, 0.25) is 5.91 Å². The molecule has 10 nitrogen and oxygen atoms in total. The van der Waals surface area contributed by atoms with Crippen LogP contribution in [0, 0.1) is 6.92 Å². The van der Waals surface area contributed by atoms with E-state index in [9.17, 15) is 14.4 Å². The molecule has 0 spiro atoms. The lowest BCUT2D eigenvalue weighted by molar-refractivity contribution is -0.129. The molecule has 0 radical (unpaired) electrons. The van der Waals surface area contributed by atoms with Gasteiger partial charge in [-0.15, -0.1) is 0 Å². The molecule has 0 heterocycles. The van der Waals surface area contributed by atoms with Crippen molar-refractivity contribution in [2.24, 2.45) is 0 Å². The molecule has 0 aromatic heterocycles. The van der Waals surface area contributed by atoms with Gasteiger partial charge in [-0.3, -0.25) is 4.79 Å². The summed E-state index contributed by atoms with van der Waals surface area (Å²) in [7, 11) is 8.26. The summed E-state index contributed by atoms with van der Waals surface area (Å²) in [6.07, 6.45) is 0.152. The van der Waals surface area contributed by atoms with Crippen LogP contribution in [-0.4, -0.2) is 71.3 Å². The number of hydrogen-bond donors (Lipinski definition) is 2. The van der Waals surface area contributed by atoms with Crippen molar-refractivity contribution in [2.75, 3.05) is 64.0 Å². The molecule has 0 bridgehead atoms. The van der Waals surface area contributed by atoms with Crippen LogP contribution in [0.2, 0.25) is 0 Å². The number of rotatable bonds is 11. The van der Waals surface area contributed by atoms with Crippen LogP contribution in [-0.2, 0) is 16.0 Å². The van der Waals surface area contributed by atoms with E-state index in [4.69, 9.17) is 14.2 Å². The number of carbonyl (C=O) groups excluding carboxylic acids is 3. The Morgan fingerprint density at radius 2 is 1.57 bits per heavy atom. The fourth-order valence-corrected chi connectivity index (χ4v) is 3.90. The van der Waals surface area contributed by atoms with Crippen LogP contribution in [0.25, 0.3) is 0 Å². The highest BCUT2D eigenvalue weighted by Crippen LogP contribution is 2.29. The maximum Gasteiger partial charge on any atom is 0.337 e. The third-order valence-corrected chi connectivity index (χ3v) is 6.23. The van der Waals surface area contributed by atoms with Crippen LogP contribution in [0.5, 0.6) is 11.5 Å². The van der Waals surface area contributed by atoms with Crippen molar-refractivity contribution < 1.29 is 28.6 Å². The second-order valence-electron chi connectivity index (χ2n) is 9.34.